The van der Waals surface area contributed by atoms with Crippen LogP contribution in [0.15, 0.2) is 12.2 Å². The molecule has 0 aromatic rings. The maximum atomic E-state index is 6.17. The number of ether oxygens (including phenoxy) is 1. The van der Waals surface area contributed by atoms with E-state index in [4.69, 9.17) is 4.74 Å². The molecule has 1 heteroatoms. The molecule has 0 spiro atoms. The fourth-order valence-corrected chi connectivity index (χ4v) is 5.53. The zero-order chi connectivity index (χ0) is 11.4. The Balaban J connectivity index is 1.46. The van der Waals surface area contributed by atoms with Crippen molar-refractivity contribution in [3.05, 3.63) is 12.2 Å². The van der Waals surface area contributed by atoms with Gasteiger partial charge in [0.05, 0.1) is 6.10 Å². The average Bonchev–Trinajstić information content (AvgIpc) is 3.07. The summed E-state index contributed by atoms with van der Waals surface area (Å²) >= 11 is 0. The third-order valence-corrected chi connectivity index (χ3v) is 6.04. The minimum Gasteiger partial charge on any atom is -0.378 e. The van der Waals surface area contributed by atoms with Crippen molar-refractivity contribution in [1.82, 2.24) is 0 Å². The molecule has 0 N–H and O–H groups in total. The van der Waals surface area contributed by atoms with Gasteiger partial charge in [0.15, 0.2) is 0 Å². The molecule has 0 aliphatic heterocycles. The molecule has 0 saturated heterocycles. The van der Waals surface area contributed by atoms with Gasteiger partial charge in [-0.1, -0.05) is 25.5 Å². The lowest BCUT2D eigenvalue weighted by Gasteiger charge is -2.36. The minimum atomic E-state index is 0.626. The van der Waals surface area contributed by atoms with Crippen molar-refractivity contribution in [3.63, 3.8) is 0 Å². The number of hydrogen-bond acceptors (Lipinski definition) is 1. The van der Waals surface area contributed by atoms with Gasteiger partial charge in [0, 0.05) is 6.61 Å². The number of rotatable bonds is 4. The second kappa shape index (κ2) is 3.85. The third kappa shape index (κ3) is 1.41. The van der Waals surface area contributed by atoms with Crippen LogP contribution in [0.1, 0.15) is 39.0 Å². The van der Waals surface area contributed by atoms with Gasteiger partial charge in [0.2, 0.25) is 0 Å². The summed E-state index contributed by atoms with van der Waals surface area (Å²) in [6, 6.07) is 0. The van der Waals surface area contributed by atoms with Crippen LogP contribution in [0.4, 0.5) is 0 Å². The molecule has 94 valence electrons. The summed E-state index contributed by atoms with van der Waals surface area (Å²) in [5.74, 6) is 5.88. The molecular formula is C16H24O. The SMILES string of the molecule is CCCCOC1CC2CC1C1C3C=CC(C3)C21. The first-order valence-electron chi connectivity index (χ1n) is 7.68. The molecule has 3 saturated carbocycles. The minimum absolute atomic E-state index is 0.626. The molecule has 4 rings (SSSR count). The maximum Gasteiger partial charge on any atom is 0.0609 e. The maximum absolute atomic E-state index is 6.17. The van der Waals surface area contributed by atoms with Crippen LogP contribution < -0.4 is 0 Å². The normalized spacial score (nSPS) is 53.6. The second-order valence-electron chi connectivity index (χ2n) is 6.76. The van der Waals surface area contributed by atoms with E-state index in [0.717, 1.165) is 42.1 Å². The highest BCUT2D eigenvalue weighted by Gasteiger charge is 2.61. The third-order valence-electron chi connectivity index (χ3n) is 6.04. The van der Waals surface area contributed by atoms with Gasteiger partial charge in [-0.15, -0.1) is 0 Å². The molecule has 7 atom stereocenters. The Labute approximate surface area is 105 Å². The summed E-state index contributed by atoms with van der Waals surface area (Å²) in [4.78, 5) is 0. The summed E-state index contributed by atoms with van der Waals surface area (Å²) in [6.45, 7) is 3.26. The van der Waals surface area contributed by atoms with E-state index in [0.29, 0.717) is 6.10 Å². The van der Waals surface area contributed by atoms with Crippen molar-refractivity contribution < 1.29 is 4.74 Å². The Morgan fingerprint density at radius 1 is 1.06 bits per heavy atom. The van der Waals surface area contributed by atoms with Crippen LogP contribution in [0.3, 0.4) is 0 Å². The quantitative estimate of drug-likeness (QED) is 0.408. The van der Waals surface area contributed by atoms with Gasteiger partial charge >= 0.3 is 0 Å². The van der Waals surface area contributed by atoms with E-state index in [1.807, 2.05) is 0 Å². The monoisotopic (exact) mass is 232 g/mol. The Kier molecular flexibility index (Phi) is 2.40. The highest BCUT2D eigenvalue weighted by molar-refractivity contribution is 5.20. The van der Waals surface area contributed by atoms with Crippen molar-refractivity contribution in [2.24, 2.45) is 35.5 Å². The van der Waals surface area contributed by atoms with Gasteiger partial charge in [-0.2, -0.15) is 0 Å². The van der Waals surface area contributed by atoms with Crippen LogP contribution in [0.25, 0.3) is 0 Å². The molecular weight excluding hydrogens is 208 g/mol. The first-order valence-corrected chi connectivity index (χ1v) is 7.68. The predicted octanol–water partition coefficient (Wildman–Crippen LogP) is 3.65. The van der Waals surface area contributed by atoms with Crippen LogP contribution in [-0.4, -0.2) is 12.7 Å². The van der Waals surface area contributed by atoms with Crippen molar-refractivity contribution in [2.45, 2.75) is 45.1 Å². The van der Waals surface area contributed by atoms with E-state index in [9.17, 15) is 0 Å². The molecule has 4 aliphatic rings. The van der Waals surface area contributed by atoms with Crippen molar-refractivity contribution in [3.8, 4) is 0 Å². The summed E-state index contributed by atoms with van der Waals surface area (Å²) in [7, 11) is 0. The van der Waals surface area contributed by atoms with Crippen LogP contribution in [0, 0.1) is 35.5 Å². The molecule has 17 heavy (non-hydrogen) atoms. The molecule has 0 aromatic heterocycles. The number of unbranched alkanes of at least 4 members (excludes halogenated alkanes) is 1. The zero-order valence-electron chi connectivity index (χ0n) is 10.8. The standard InChI is InChI=1S/C16H24O/c1-2-3-6-17-14-9-12-8-13(14)16-11-5-4-10(7-11)15(12)16/h4-5,10-16H,2-3,6-9H2,1H3. The summed E-state index contributed by atoms with van der Waals surface area (Å²) < 4.78 is 6.17. The molecule has 0 heterocycles. The van der Waals surface area contributed by atoms with Crippen LogP contribution in [0.5, 0.6) is 0 Å². The van der Waals surface area contributed by atoms with E-state index < -0.39 is 0 Å². The second-order valence-corrected chi connectivity index (χ2v) is 6.76. The molecule has 1 nitrogen and oxygen atoms in total. The van der Waals surface area contributed by atoms with Gasteiger partial charge < -0.3 is 4.74 Å². The lowest BCUT2D eigenvalue weighted by atomic mass is 9.72. The van der Waals surface area contributed by atoms with Crippen LogP contribution in [-0.2, 0) is 4.74 Å². The number of fused-ring (bicyclic) bond motifs is 9. The molecule has 7 unspecified atom stereocenters. The Hall–Kier alpha value is -0.300. The molecule has 4 bridgehead atoms. The Bertz CT molecular complexity index is 334. The van der Waals surface area contributed by atoms with Crippen molar-refractivity contribution >= 4 is 0 Å². The summed E-state index contributed by atoms with van der Waals surface area (Å²) in [5.41, 5.74) is 0. The fourth-order valence-electron chi connectivity index (χ4n) is 5.53. The molecule has 3 fully saturated rings. The van der Waals surface area contributed by atoms with Gasteiger partial charge in [0.1, 0.15) is 0 Å². The Morgan fingerprint density at radius 3 is 2.71 bits per heavy atom. The van der Waals surface area contributed by atoms with Crippen LogP contribution >= 0.6 is 0 Å². The van der Waals surface area contributed by atoms with Gasteiger partial charge in [-0.25, -0.2) is 0 Å². The fraction of sp³-hybridized carbons (Fsp3) is 0.875. The predicted molar refractivity (Wildman–Crippen MR) is 68.6 cm³/mol. The highest BCUT2D eigenvalue weighted by atomic mass is 16.5. The number of hydrogen-bond donors (Lipinski definition) is 0. The van der Waals surface area contributed by atoms with Gasteiger partial charge in [-0.3, -0.25) is 0 Å². The largest absolute Gasteiger partial charge is 0.378 e. The molecule has 0 radical (unpaired) electrons. The molecule has 0 amide bonds. The Morgan fingerprint density at radius 2 is 1.88 bits per heavy atom. The van der Waals surface area contributed by atoms with Gasteiger partial charge in [0.25, 0.3) is 0 Å². The summed E-state index contributed by atoms with van der Waals surface area (Å²) in [5, 5.41) is 0. The lowest BCUT2D eigenvalue weighted by molar-refractivity contribution is -0.0194. The first kappa shape index (κ1) is 10.6. The zero-order valence-corrected chi connectivity index (χ0v) is 10.8. The smallest absolute Gasteiger partial charge is 0.0609 e. The van der Waals surface area contributed by atoms with Gasteiger partial charge in [-0.05, 0) is 61.2 Å². The van der Waals surface area contributed by atoms with E-state index >= 15 is 0 Å². The van der Waals surface area contributed by atoms with E-state index in [1.165, 1.54) is 32.1 Å². The average molecular weight is 232 g/mol. The topological polar surface area (TPSA) is 9.23 Å². The van der Waals surface area contributed by atoms with E-state index in [-0.39, 0.29) is 0 Å². The van der Waals surface area contributed by atoms with E-state index in [2.05, 4.69) is 19.1 Å². The molecule has 4 aliphatic carbocycles. The lowest BCUT2D eigenvalue weighted by Crippen LogP contribution is -2.35. The highest BCUT2D eigenvalue weighted by Crippen LogP contribution is 2.65. The molecule has 0 aromatic carbocycles. The first-order chi connectivity index (χ1) is 8.38. The van der Waals surface area contributed by atoms with E-state index in [1.54, 1.807) is 0 Å². The summed E-state index contributed by atoms with van der Waals surface area (Å²) in [6.07, 6.45) is 12.5. The number of allylic oxidation sites excluding steroid dienone is 2. The van der Waals surface area contributed by atoms with Crippen molar-refractivity contribution in [1.29, 1.82) is 0 Å². The van der Waals surface area contributed by atoms with Crippen LogP contribution in [0.2, 0.25) is 0 Å². The van der Waals surface area contributed by atoms with Crippen molar-refractivity contribution in [2.75, 3.05) is 6.61 Å².